The van der Waals surface area contributed by atoms with Crippen molar-refractivity contribution in [2.75, 3.05) is 11.9 Å². The number of carbonyl (C=O) groups is 1. The maximum atomic E-state index is 12.1. The zero-order valence-electron chi connectivity index (χ0n) is 12.4. The Bertz CT molecular complexity index is 654. The van der Waals surface area contributed by atoms with E-state index in [9.17, 15) is 9.90 Å². The minimum absolute atomic E-state index is 0.140. The monoisotopic (exact) mass is 317 g/mol. The van der Waals surface area contributed by atoms with E-state index >= 15 is 0 Å². The van der Waals surface area contributed by atoms with Gasteiger partial charge >= 0.3 is 0 Å². The fraction of sp³-hybridized carbons (Fsp3) is 0.375. The topological polar surface area (TPSA) is 74.2 Å². The van der Waals surface area contributed by atoms with E-state index < -0.39 is 6.10 Å². The molecule has 22 heavy (non-hydrogen) atoms. The Kier molecular flexibility index (Phi) is 4.52. The second-order valence-electron chi connectivity index (χ2n) is 5.43. The molecule has 1 aromatic carbocycles. The van der Waals surface area contributed by atoms with Crippen molar-refractivity contribution in [3.63, 3.8) is 0 Å². The summed E-state index contributed by atoms with van der Waals surface area (Å²) in [7, 11) is 0. The molecule has 3 rings (SSSR count). The van der Waals surface area contributed by atoms with Crippen LogP contribution >= 0.6 is 11.3 Å². The maximum absolute atomic E-state index is 12.1. The number of nitrogens with zero attached hydrogens (tertiary/aromatic N) is 1. The summed E-state index contributed by atoms with van der Waals surface area (Å²) in [5.41, 5.74) is 3.20. The van der Waals surface area contributed by atoms with Gasteiger partial charge in [-0.3, -0.25) is 4.79 Å². The van der Waals surface area contributed by atoms with Crippen LogP contribution in [0.3, 0.4) is 0 Å². The van der Waals surface area contributed by atoms with E-state index in [-0.39, 0.29) is 11.9 Å². The van der Waals surface area contributed by atoms with E-state index in [1.807, 2.05) is 17.5 Å². The Hall–Kier alpha value is -1.76. The van der Waals surface area contributed by atoms with E-state index in [2.05, 4.69) is 34.7 Å². The summed E-state index contributed by atoms with van der Waals surface area (Å²) in [6.07, 6.45) is 1.02. The van der Waals surface area contributed by atoms with Gasteiger partial charge in [-0.1, -0.05) is 31.2 Å². The zero-order valence-corrected chi connectivity index (χ0v) is 13.2. The van der Waals surface area contributed by atoms with Crippen LogP contribution in [0.2, 0.25) is 0 Å². The number of aliphatic hydroxyl groups is 1. The molecule has 0 radical (unpaired) electrons. The number of thiazole rings is 1. The molecule has 1 aliphatic rings. The largest absolute Gasteiger partial charge is 0.392 e. The van der Waals surface area contributed by atoms with E-state index in [0.29, 0.717) is 18.1 Å². The lowest BCUT2D eigenvalue weighted by atomic mass is 10.1. The average molecular weight is 317 g/mol. The molecular weight excluding hydrogens is 298 g/mol. The third-order valence-electron chi connectivity index (χ3n) is 3.82. The van der Waals surface area contributed by atoms with Crippen LogP contribution in [0.5, 0.6) is 0 Å². The van der Waals surface area contributed by atoms with Crippen LogP contribution in [-0.4, -0.2) is 34.7 Å². The van der Waals surface area contributed by atoms with Crippen LogP contribution in [0.4, 0.5) is 5.13 Å². The molecule has 1 aromatic heterocycles. The minimum Gasteiger partial charge on any atom is -0.392 e. The van der Waals surface area contributed by atoms with Gasteiger partial charge < -0.3 is 15.7 Å². The van der Waals surface area contributed by atoms with E-state index in [0.717, 1.165) is 17.7 Å². The van der Waals surface area contributed by atoms with Crippen LogP contribution in [0.25, 0.3) is 11.3 Å². The highest BCUT2D eigenvalue weighted by molar-refractivity contribution is 7.14. The SMILES string of the molecule is CCc1ccc(-c2csc(NC(=O)[C@@H]3C[C@@H](O)CN3)n2)cc1. The Balaban J connectivity index is 1.66. The second-order valence-corrected chi connectivity index (χ2v) is 6.29. The van der Waals surface area contributed by atoms with Crippen molar-refractivity contribution in [1.29, 1.82) is 0 Å². The summed E-state index contributed by atoms with van der Waals surface area (Å²) in [5, 5.41) is 17.8. The lowest BCUT2D eigenvalue weighted by Gasteiger charge is -2.08. The van der Waals surface area contributed by atoms with E-state index in [1.54, 1.807) is 0 Å². The number of nitrogens with one attached hydrogen (secondary N) is 2. The molecule has 1 fully saturated rings. The van der Waals surface area contributed by atoms with Crippen molar-refractivity contribution in [2.24, 2.45) is 0 Å². The van der Waals surface area contributed by atoms with Gasteiger partial charge in [-0.15, -0.1) is 11.3 Å². The molecule has 0 saturated carbocycles. The molecule has 0 spiro atoms. The van der Waals surface area contributed by atoms with Gasteiger partial charge in [0.05, 0.1) is 17.8 Å². The zero-order chi connectivity index (χ0) is 15.5. The van der Waals surface area contributed by atoms with Gasteiger partial charge in [-0.2, -0.15) is 0 Å². The Labute approximate surface area is 133 Å². The molecule has 1 amide bonds. The van der Waals surface area contributed by atoms with Crippen molar-refractivity contribution in [3.8, 4) is 11.3 Å². The number of benzene rings is 1. The quantitative estimate of drug-likeness (QED) is 0.807. The number of rotatable bonds is 4. The normalized spacial score (nSPS) is 21.0. The molecule has 0 bridgehead atoms. The van der Waals surface area contributed by atoms with Crippen molar-refractivity contribution >= 4 is 22.4 Å². The van der Waals surface area contributed by atoms with Crippen molar-refractivity contribution < 1.29 is 9.90 Å². The number of aryl methyl sites for hydroxylation is 1. The predicted molar refractivity (Wildman–Crippen MR) is 88.0 cm³/mol. The summed E-state index contributed by atoms with van der Waals surface area (Å²) in [4.78, 5) is 16.5. The van der Waals surface area contributed by atoms with Gasteiger partial charge in [-0.05, 0) is 18.4 Å². The van der Waals surface area contributed by atoms with Crippen LogP contribution in [-0.2, 0) is 11.2 Å². The second kappa shape index (κ2) is 6.56. The number of β-amino-alcohol motifs (C(OH)–C–C–N with tert-alkyl or cyclic N) is 1. The lowest BCUT2D eigenvalue weighted by Crippen LogP contribution is -2.35. The molecule has 1 aliphatic heterocycles. The van der Waals surface area contributed by atoms with Gasteiger partial charge in [0.15, 0.2) is 5.13 Å². The summed E-state index contributed by atoms with van der Waals surface area (Å²) < 4.78 is 0. The third kappa shape index (κ3) is 3.35. The molecule has 1 saturated heterocycles. The Morgan fingerprint density at radius 2 is 2.23 bits per heavy atom. The van der Waals surface area contributed by atoms with Gasteiger partial charge in [0.2, 0.25) is 5.91 Å². The van der Waals surface area contributed by atoms with Gasteiger partial charge in [-0.25, -0.2) is 4.98 Å². The van der Waals surface area contributed by atoms with Gasteiger partial charge in [0.25, 0.3) is 0 Å². The highest BCUT2D eigenvalue weighted by Gasteiger charge is 2.28. The Morgan fingerprint density at radius 1 is 1.45 bits per heavy atom. The third-order valence-corrected chi connectivity index (χ3v) is 4.57. The summed E-state index contributed by atoms with van der Waals surface area (Å²) >= 11 is 1.41. The lowest BCUT2D eigenvalue weighted by molar-refractivity contribution is -0.117. The fourth-order valence-corrected chi connectivity index (χ4v) is 3.21. The van der Waals surface area contributed by atoms with Crippen molar-refractivity contribution in [2.45, 2.75) is 31.9 Å². The van der Waals surface area contributed by atoms with Gasteiger partial charge in [0, 0.05) is 17.5 Å². The first-order valence-corrected chi connectivity index (χ1v) is 8.31. The number of hydrogen-bond donors (Lipinski definition) is 3. The molecule has 2 aromatic rings. The molecule has 5 nitrogen and oxygen atoms in total. The smallest absolute Gasteiger partial charge is 0.243 e. The summed E-state index contributed by atoms with van der Waals surface area (Å²) in [6.45, 7) is 2.59. The predicted octanol–water partition coefficient (Wildman–Crippen LogP) is 2.03. The summed E-state index contributed by atoms with van der Waals surface area (Å²) in [5.74, 6) is -0.140. The highest BCUT2D eigenvalue weighted by atomic mass is 32.1. The number of amides is 1. The molecule has 3 N–H and O–H groups in total. The number of aliphatic hydroxyl groups excluding tert-OH is 1. The maximum Gasteiger partial charge on any atom is 0.243 e. The highest BCUT2D eigenvalue weighted by Crippen LogP contribution is 2.25. The fourth-order valence-electron chi connectivity index (χ4n) is 2.48. The molecule has 0 aliphatic carbocycles. The molecular formula is C16H19N3O2S. The standard InChI is InChI=1S/C16H19N3O2S/c1-2-10-3-5-11(6-4-10)14-9-22-16(18-14)19-15(21)13-7-12(20)8-17-13/h3-6,9,12-13,17,20H,2,7-8H2,1H3,(H,18,19,21)/t12-,13+/m1/s1. The first-order valence-electron chi connectivity index (χ1n) is 7.43. The van der Waals surface area contributed by atoms with Crippen molar-refractivity contribution in [1.82, 2.24) is 10.3 Å². The molecule has 2 heterocycles. The number of aromatic nitrogens is 1. The Morgan fingerprint density at radius 3 is 2.86 bits per heavy atom. The number of carbonyl (C=O) groups excluding carboxylic acids is 1. The molecule has 0 unspecified atom stereocenters. The van der Waals surface area contributed by atoms with Crippen LogP contribution in [0, 0.1) is 0 Å². The van der Waals surface area contributed by atoms with Gasteiger partial charge in [0.1, 0.15) is 0 Å². The summed E-state index contributed by atoms with van der Waals surface area (Å²) in [6, 6.07) is 7.95. The van der Waals surface area contributed by atoms with Crippen LogP contribution in [0.1, 0.15) is 18.9 Å². The first-order chi connectivity index (χ1) is 10.7. The average Bonchev–Trinajstić information content (AvgIpc) is 3.16. The van der Waals surface area contributed by atoms with Crippen LogP contribution in [0.15, 0.2) is 29.6 Å². The van der Waals surface area contributed by atoms with Crippen molar-refractivity contribution in [3.05, 3.63) is 35.2 Å². The van der Waals surface area contributed by atoms with E-state index in [1.165, 1.54) is 16.9 Å². The molecule has 116 valence electrons. The van der Waals surface area contributed by atoms with Crippen LogP contribution < -0.4 is 10.6 Å². The number of hydrogen-bond acceptors (Lipinski definition) is 5. The molecule has 6 heteroatoms. The molecule has 2 atom stereocenters. The first kappa shape index (κ1) is 15.1. The van der Waals surface area contributed by atoms with E-state index in [4.69, 9.17) is 0 Å². The number of anilines is 1. The minimum atomic E-state index is -0.445.